The van der Waals surface area contributed by atoms with E-state index in [1.807, 2.05) is 36.1 Å². The Kier molecular flexibility index (Phi) is 5.23. The van der Waals surface area contributed by atoms with Crippen molar-refractivity contribution in [2.75, 3.05) is 41.3 Å². The molecule has 31 heavy (non-hydrogen) atoms. The zero-order valence-corrected chi connectivity index (χ0v) is 17.9. The summed E-state index contributed by atoms with van der Waals surface area (Å²) in [5.74, 6) is 0.601. The first-order valence-corrected chi connectivity index (χ1v) is 11.1. The number of benzene rings is 1. The lowest BCUT2D eigenvalue weighted by atomic mass is 10.1. The number of anilines is 3. The summed E-state index contributed by atoms with van der Waals surface area (Å²) in [6.07, 6.45) is 6.41. The van der Waals surface area contributed by atoms with Gasteiger partial charge in [0.15, 0.2) is 0 Å². The molecule has 0 bridgehead atoms. The Bertz CT molecular complexity index is 1100. The minimum absolute atomic E-state index is 0.164. The largest absolute Gasteiger partial charge is 0.370 e. The predicted octanol–water partition coefficient (Wildman–Crippen LogP) is 2.75. The highest BCUT2D eigenvalue weighted by Crippen LogP contribution is 2.33. The van der Waals surface area contributed by atoms with Gasteiger partial charge in [-0.2, -0.15) is 5.10 Å². The third-order valence-electron chi connectivity index (χ3n) is 6.32. The van der Waals surface area contributed by atoms with E-state index in [4.69, 9.17) is 5.73 Å². The van der Waals surface area contributed by atoms with Crippen molar-refractivity contribution in [2.45, 2.75) is 31.7 Å². The molecule has 1 aromatic carbocycles. The fourth-order valence-corrected chi connectivity index (χ4v) is 4.59. The van der Waals surface area contributed by atoms with Gasteiger partial charge in [0.25, 0.3) is 5.91 Å². The summed E-state index contributed by atoms with van der Waals surface area (Å²) >= 11 is 0. The van der Waals surface area contributed by atoms with Crippen molar-refractivity contribution in [3.05, 3.63) is 42.2 Å². The van der Waals surface area contributed by atoms with E-state index < -0.39 is 0 Å². The molecular weight excluding hydrogens is 390 g/mol. The highest BCUT2D eigenvalue weighted by atomic mass is 16.1. The molecule has 2 aliphatic rings. The first kappa shape index (κ1) is 19.8. The van der Waals surface area contributed by atoms with Gasteiger partial charge in [0.2, 0.25) is 0 Å². The van der Waals surface area contributed by atoms with Crippen molar-refractivity contribution in [3.8, 4) is 0 Å². The number of pyridine rings is 1. The monoisotopic (exact) mass is 419 g/mol. The van der Waals surface area contributed by atoms with E-state index in [-0.39, 0.29) is 11.9 Å². The maximum absolute atomic E-state index is 13.2. The number of hydrogen-bond donors (Lipinski definition) is 2. The number of nitrogens with zero attached hydrogens (tertiary/aromatic N) is 5. The van der Waals surface area contributed by atoms with Crippen LogP contribution in [0.15, 0.2) is 36.5 Å². The maximum Gasteiger partial charge on any atom is 0.274 e. The molecule has 0 spiro atoms. The van der Waals surface area contributed by atoms with Gasteiger partial charge in [-0.3, -0.25) is 9.48 Å². The summed E-state index contributed by atoms with van der Waals surface area (Å²) in [7, 11) is 1.92. The summed E-state index contributed by atoms with van der Waals surface area (Å²) in [5, 5.41) is 8.59. The highest BCUT2D eigenvalue weighted by molar-refractivity contribution is 6.06. The molecule has 3 N–H and O–H groups in total. The molecule has 3 aromatic rings. The van der Waals surface area contributed by atoms with E-state index in [1.165, 1.54) is 19.3 Å². The first-order valence-electron chi connectivity index (χ1n) is 11.1. The van der Waals surface area contributed by atoms with Crippen molar-refractivity contribution in [1.82, 2.24) is 14.8 Å². The van der Waals surface area contributed by atoms with Gasteiger partial charge in [-0.05, 0) is 49.9 Å². The van der Waals surface area contributed by atoms with Crippen LogP contribution >= 0.6 is 0 Å². The number of amides is 1. The molecule has 8 heteroatoms. The summed E-state index contributed by atoms with van der Waals surface area (Å²) in [4.78, 5) is 22.3. The van der Waals surface area contributed by atoms with Crippen LogP contribution in [-0.2, 0) is 7.05 Å². The van der Waals surface area contributed by atoms with Crippen LogP contribution < -0.4 is 20.9 Å². The molecule has 2 fully saturated rings. The van der Waals surface area contributed by atoms with Gasteiger partial charge in [-0.15, -0.1) is 0 Å². The van der Waals surface area contributed by atoms with Crippen LogP contribution in [0.1, 0.15) is 36.2 Å². The van der Waals surface area contributed by atoms with Gasteiger partial charge in [0, 0.05) is 44.7 Å². The van der Waals surface area contributed by atoms with E-state index in [2.05, 4.69) is 31.3 Å². The SMILES string of the molecule is Cn1ncc2cc(N3CCCCC3)c(NC(=O)c3cccc(N4CC[C@H](N)C4)n3)cc21. The van der Waals surface area contributed by atoms with Crippen LogP contribution in [0.2, 0.25) is 0 Å². The molecule has 162 valence electrons. The Morgan fingerprint density at radius 3 is 2.74 bits per heavy atom. The molecule has 0 radical (unpaired) electrons. The Labute approximate surface area is 182 Å². The number of hydrogen-bond acceptors (Lipinski definition) is 6. The molecule has 1 amide bonds. The van der Waals surface area contributed by atoms with Crippen LogP contribution in [0.4, 0.5) is 17.2 Å². The van der Waals surface area contributed by atoms with Crippen molar-refractivity contribution in [3.63, 3.8) is 0 Å². The quantitative estimate of drug-likeness (QED) is 0.676. The second kappa shape index (κ2) is 8.19. The maximum atomic E-state index is 13.2. The summed E-state index contributed by atoms with van der Waals surface area (Å²) in [5.41, 5.74) is 9.29. The fraction of sp³-hybridized carbons (Fsp3) is 0.435. The number of aromatic nitrogens is 3. The molecule has 4 heterocycles. The number of piperidine rings is 1. The van der Waals surface area contributed by atoms with Crippen molar-refractivity contribution >= 4 is 34.0 Å². The minimum atomic E-state index is -0.204. The van der Waals surface area contributed by atoms with Gasteiger partial charge in [-0.1, -0.05) is 6.07 Å². The number of rotatable bonds is 4. The molecule has 2 aliphatic heterocycles. The molecular formula is C23H29N7O. The lowest BCUT2D eigenvalue weighted by molar-refractivity contribution is 0.102. The zero-order valence-electron chi connectivity index (χ0n) is 17.9. The number of fused-ring (bicyclic) bond motifs is 1. The highest BCUT2D eigenvalue weighted by Gasteiger charge is 2.22. The average Bonchev–Trinajstić information content (AvgIpc) is 3.39. The van der Waals surface area contributed by atoms with Crippen molar-refractivity contribution < 1.29 is 4.79 Å². The van der Waals surface area contributed by atoms with Crippen LogP contribution in [0, 0.1) is 0 Å². The van der Waals surface area contributed by atoms with Gasteiger partial charge >= 0.3 is 0 Å². The normalized spacial score (nSPS) is 19.2. The number of carbonyl (C=O) groups is 1. The molecule has 2 saturated heterocycles. The number of aryl methyl sites for hydroxylation is 1. The van der Waals surface area contributed by atoms with Crippen LogP contribution in [0.25, 0.3) is 10.9 Å². The molecule has 0 aliphatic carbocycles. The van der Waals surface area contributed by atoms with Crippen molar-refractivity contribution in [2.24, 2.45) is 12.8 Å². The molecule has 5 rings (SSSR count). The molecule has 1 atom stereocenters. The van der Waals surface area contributed by atoms with Crippen LogP contribution in [0.5, 0.6) is 0 Å². The molecule has 0 saturated carbocycles. The van der Waals surface area contributed by atoms with Crippen molar-refractivity contribution in [1.29, 1.82) is 0 Å². The minimum Gasteiger partial charge on any atom is -0.370 e. The predicted molar refractivity (Wildman–Crippen MR) is 124 cm³/mol. The van der Waals surface area contributed by atoms with E-state index in [0.29, 0.717) is 5.69 Å². The van der Waals surface area contributed by atoms with E-state index in [1.54, 1.807) is 6.07 Å². The lowest BCUT2D eigenvalue weighted by Gasteiger charge is -2.30. The third-order valence-corrected chi connectivity index (χ3v) is 6.32. The molecule has 0 unspecified atom stereocenters. The second-order valence-corrected chi connectivity index (χ2v) is 8.57. The smallest absolute Gasteiger partial charge is 0.274 e. The summed E-state index contributed by atoms with van der Waals surface area (Å²) in [6, 6.07) is 9.91. The first-order chi connectivity index (χ1) is 15.1. The second-order valence-electron chi connectivity index (χ2n) is 8.57. The molecule has 2 aromatic heterocycles. The Morgan fingerprint density at radius 1 is 1.13 bits per heavy atom. The average molecular weight is 420 g/mol. The standard InChI is InChI=1S/C23H29N7O/c1-28-20-13-19(21(12-16(20)14-25-28)29-9-3-2-4-10-29)27-23(31)18-6-5-7-22(26-18)30-11-8-17(24)15-30/h5-7,12-14,17H,2-4,8-11,15,24H2,1H3,(H,27,31)/t17-/m0/s1. The number of nitrogens with two attached hydrogens (primary N) is 1. The van der Waals surface area contributed by atoms with Gasteiger partial charge in [0.05, 0.1) is 23.1 Å². The Balaban J connectivity index is 1.45. The van der Waals surface area contributed by atoms with Crippen LogP contribution in [-0.4, -0.2) is 52.9 Å². The van der Waals surface area contributed by atoms with Gasteiger partial charge < -0.3 is 20.9 Å². The summed E-state index contributed by atoms with van der Waals surface area (Å²) < 4.78 is 1.83. The Morgan fingerprint density at radius 2 is 1.97 bits per heavy atom. The molecule has 8 nitrogen and oxygen atoms in total. The number of carbonyl (C=O) groups excluding carboxylic acids is 1. The zero-order chi connectivity index (χ0) is 21.4. The topological polar surface area (TPSA) is 92.3 Å². The van der Waals surface area contributed by atoms with Crippen LogP contribution in [0.3, 0.4) is 0 Å². The Hall–Kier alpha value is -3.13. The van der Waals surface area contributed by atoms with E-state index in [0.717, 1.165) is 60.7 Å². The summed E-state index contributed by atoms with van der Waals surface area (Å²) in [6.45, 7) is 3.64. The van der Waals surface area contributed by atoms with Gasteiger partial charge in [0.1, 0.15) is 11.5 Å². The van der Waals surface area contributed by atoms with Gasteiger partial charge in [-0.25, -0.2) is 4.98 Å². The fourth-order valence-electron chi connectivity index (χ4n) is 4.59. The lowest BCUT2D eigenvalue weighted by Crippen LogP contribution is -2.30. The van der Waals surface area contributed by atoms with E-state index in [9.17, 15) is 4.79 Å². The third kappa shape index (κ3) is 3.95. The van der Waals surface area contributed by atoms with E-state index >= 15 is 0 Å². The number of nitrogens with one attached hydrogen (secondary N) is 1.